The van der Waals surface area contributed by atoms with Crippen molar-refractivity contribution in [3.8, 4) is 11.5 Å². The van der Waals surface area contributed by atoms with Crippen LogP contribution in [0.15, 0.2) is 138 Å². The molecule has 3 N–H and O–H groups in total. The van der Waals surface area contributed by atoms with E-state index in [4.69, 9.17) is 21.1 Å². The number of ether oxygens (including phenoxy) is 2. The molecule has 242 valence electrons. The zero-order valence-electron chi connectivity index (χ0n) is 26.1. The number of carbonyl (C=O) groups is 3. The van der Waals surface area contributed by atoms with Crippen LogP contribution in [0, 0.1) is 0 Å². The van der Waals surface area contributed by atoms with Gasteiger partial charge in [0.15, 0.2) is 0 Å². The van der Waals surface area contributed by atoms with Gasteiger partial charge in [-0.05, 0) is 66.2 Å². The monoisotopic (exact) mass is 677 g/mol. The quantitative estimate of drug-likeness (QED) is 0.0908. The third-order valence-electron chi connectivity index (χ3n) is 7.07. The SMILES string of the molecule is COc1ccccc1/C=C(/NC(=O)c1ccccc1)C(=O)Nc1cccc(SC(C(=O)Nc2cc(Cl)ccc2OC)c2ccccc2)c1. The summed E-state index contributed by atoms with van der Waals surface area (Å²) in [5.74, 6) is -0.254. The molecular formula is C38H32ClN3O5S. The number of hydrogen-bond donors (Lipinski definition) is 3. The lowest BCUT2D eigenvalue weighted by Gasteiger charge is -2.19. The Kier molecular flexibility index (Phi) is 11.5. The fourth-order valence-electron chi connectivity index (χ4n) is 4.74. The second kappa shape index (κ2) is 16.4. The van der Waals surface area contributed by atoms with E-state index in [9.17, 15) is 14.4 Å². The van der Waals surface area contributed by atoms with E-state index in [1.165, 1.54) is 26.0 Å². The Labute approximate surface area is 288 Å². The van der Waals surface area contributed by atoms with E-state index in [-0.39, 0.29) is 11.6 Å². The van der Waals surface area contributed by atoms with Crippen LogP contribution in [0.2, 0.25) is 5.02 Å². The molecule has 0 heterocycles. The maximum absolute atomic E-state index is 13.7. The molecule has 0 aromatic heterocycles. The number of halogens is 1. The summed E-state index contributed by atoms with van der Waals surface area (Å²) in [5.41, 5.74) is 2.72. The van der Waals surface area contributed by atoms with Gasteiger partial charge in [0.2, 0.25) is 5.91 Å². The Hall–Kier alpha value is -5.51. The van der Waals surface area contributed by atoms with E-state index in [2.05, 4.69) is 16.0 Å². The van der Waals surface area contributed by atoms with Crippen LogP contribution in [0.3, 0.4) is 0 Å². The van der Waals surface area contributed by atoms with Crippen molar-refractivity contribution in [3.05, 3.63) is 155 Å². The number of hydrogen-bond acceptors (Lipinski definition) is 6. The van der Waals surface area contributed by atoms with Crippen LogP contribution in [-0.2, 0) is 9.59 Å². The number of nitrogens with one attached hydrogen (secondary N) is 3. The zero-order valence-corrected chi connectivity index (χ0v) is 27.7. The summed E-state index contributed by atoms with van der Waals surface area (Å²) in [6.45, 7) is 0. The fraction of sp³-hybridized carbons (Fsp3) is 0.0789. The molecule has 5 rings (SSSR count). The topological polar surface area (TPSA) is 106 Å². The normalized spacial score (nSPS) is 11.6. The van der Waals surface area contributed by atoms with Gasteiger partial charge in [0, 0.05) is 26.7 Å². The zero-order chi connectivity index (χ0) is 33.9. The average Bonchev–Trinajstić information content (AvgIpc) is 3.11. The van der Waals surface area contributed by atoms with Crippen LogP contribution in [0.25, 0.3) is 6.08 Å². The van der Waals surface area contributed by atoms with E-state index in [1.54, 1.807) is 84.9 Å². The summed E-state index contributed by atoms with van der Waals surface area (Å²) in [5, 5.41) is 8.39. The summed E-state index contributed by atoms with van der Waals surface area (Å²) in [4.78, 5) is 41.3. The molecule has 0 spiro atoms. The molecule has 0 aliphatic rings. The molecule has 1 atom stereocenters. The Morgan fingerprint density at radius 3 is 2.15 bits per heavy atom. The highest BCUT2D eigenvalue weighted by molar-refractivity contribution is 8.00. The molecule has 10 heteroatoms. The number of rotatable bonds is 12. The van der Waals surface area contributed by atoms with Crippen LogP contribution >= 0.6 is 23.4 Å². The number of amides is 3. The minimum Gasteiger partial charge on any atom is -0.496 e. The molecule has 3 amide bonds. The lowest BCUT2D eigenvalue weighted by molar-refractivity contribution is -0.116. The highest BCUT2D eigenvalue weighted by Crippen LogP contribution is 2.38. The molecule has 0 aliphatic carbocycles. The molecule has 5 aromatic carbocycles. The Balaban J connectivity index is 1.40. The second-order valence-corrected chi connectivity index (χ2v) is 12.0. The van der Waals surface area contributed by atoms with Gasteiger partial charge >= 0.3 is 0 Å². The first-order valence-electron chi connectivity index (χ1n) is 14.8. The van der Waals surface area contributed by atoms with Crippen LogP contribution in [-0.4, -0.2) is 31.9 Å². The molecule has 0 saturated heterocycles. The van der Waals surface area contributed by atoms with Gasteiger partial charge in [0.1, 0.15) is 22.4 Å². The molecule has 1 unspecified atom stereocenters. The highest BCUT2D eigenvalue weighted by atomic mass is 35.5. The van der Waals surface area contributed by atoms with Crippen molar-refractivity contribution < 1.29 is 23.9 Å². The highest BCUT2D eigenvalue weighted by Gasteiger charge is 2.24. The predicted molar refractivity (Wildman–Crippen MR) is 192 cm³/mol. The summed E-state index contributed by atoms with van der Waals surface area (Å²) in [7, 11) is 3.05. The summed E-state index contributed by atoms with van der Waals surface area (Å²) < 4.78 is 10.9. The van der Waals surface area contributed by atoms with Crippen molar-refractivity contribution in [1.29, 1.82) is 0 Å². The number of benzene rings is 5. The minimum atomic E-state index is -0.660. The van der Waals surface area contributed by atoms with Crippen molar-refractivity contribution in [2.24, 2.45) is 0 Å². The summed E-state index contributed by atoms with van der Waals surface area (Å²) in [6.07, 6.45) is 1.56. The van der Waals surface area contributed by atoms with E-state index in [0.717, 1.165) is 10.5 Å². The lowest BCUT2D eigenvalue weighted by Crippen LogP contribution is -2.30. The Morgan fingerprint density at radius 1 is 0.729 bits per heavy atom. The van der Waals surface area contributed by atoms with Gasteiger partial charge in [0.25, 0.3) is 11.8 Å². The number of carbonyl (C=O) groups excluding carboxylic acids is 3. The molecule has 0 fully saturated rings. The van der Waals surface area contributed by atoms with Gasteiger partial charge in [-0.2, -0.15) is 0 Å². The number of para-hydroxylation sites is 1. The van der Waals surface area contributed by atoms with E-state index >= 15 is 0 Å². The molecule has 0 saturated carbocycles. The van der Waals surface area contributed by atoms with E-state index in [0.29, 0.717) is 39.0 Å². The first kappa shape index (κ1) is 33.8. The smallest absolute Gasteiger partial charge is 0.272 e. The van der Waals surface area contributed by atoms with Crippen LogP contribution in [0.5, 0.6) is 11.5 Å². The van der Waals surface area contributed by atoms with Gasteiger partial charge in [-0.1, -0.05) is 84.4 Å². The van der Waals surface area contributed by atoms with Gasteiger partial charge in [0.05, 0.1) is 19.9 Å². The van der Waals surface area contributed by atoms with Crippen molar-refractivity contribution >= 4 is 58.5 Å². The van der Waals surface area contributed by atoms with Crippen molar-refractivity contribution in [2.45, 2.75) is 10.1 Å². The van der Waals surface area contributed by atoms with E-state index < -0.39 is 17.1 Å². The van der Waals surface area contributed by atoms with Gasteiger partial charge in [-0.25, -0.2) is 0 Å². The minimum absolute atomic E-state index is 0.0171. The lowest BCUT2D eigenvalue weighted by atomic mass is 10.1. The van der Waals surface area contributed by atoms with Crippen LogP contribution < -0.4 is 25.4 Å². The molecule has 48 heavy (non-hydrogen) atoms. The summed E-state index contributed by atoms with van der Waals surface area (Å²) >= 11 is 7.52. The second-order valence-electron chi connectivity index (χ2n) is 10.3. The third kappa shape index (κ3) is 8.85. The van der Waals surface area contributed by atoms with Crippen LogP contribution in [0.4, 0.5) is 11.4 Å². The molecule has 5 aromatic rings. The van der Waals surface area contributed by atoms with Crippen molar-refractivity contribution in [1.82, 2.24) is 5.32 Å². The van der Waals surface area contributed by atoms with Gasteiger partial charge in [-0.15, -0.1) is 11.8 Å². The standard InChI is InChI=1S/C38H32ClN3O5S/c1-46-33-19-10-9-16-27(33)22-32(42-36(43)26-14-7-4-8-15-26)37(44)40-29-17-11-18-30(24-29)48-35(25-12-5-3-6-13-25)38(45)41-31-23-28(39)20-21-34(31)47-2/h3-24,35H,1-2H3,(H,40,44)(H,41,45)(H,42,43)/b32-22+. The Bertz CT molecular complexity index is 1940. The van der Waals surface area contributed by atoms with E-state index in [1.807, 2.05) is 48.5 Å². The molecule has 0 aliphatic heterocycles. The molecule has 8 nitrogen and oxygen atoms in total. The molecule has 0 bridgehead atoms. The number of anilines is 2. The first-order chi connectivity index (χ1) is 23.3. The average molecular weight is 678 g/mol. The number of thioether (sulfide) groups is 1. The number of methoxy groups -OCH3 is 2. The van der Waals surface area contributed by atoms with Crippen molar-refractivity contribution in [2.75, 3.05) is 24.9 Å². The molecular weight excluding hydrogens is 646 g/mol. The van der Waals surface area contributed by atoms with Gasteiger partial charge in [-0.3, -0.25) is 14.4 Å². The fourth-order valence-corrected chi connectivity index (χ4v) is 6.00. The molecule has 0 radical (unpaired) electrons. The largest absolute Gasteiger partial charge is 0.496 e. The first-order valence-corrected chi connectivity index (χ1v) is 16.1. The maximum atomic E-state index is 13.7. The third-order valence-corrected chi connectivity index (χ3v) is 8.56. The van der Waals surface area contributed by atoms with Gasteiger partial charge < -0.3 is 25.4 Å². The maximum Gasteiger partial charge on any atom is 0.272 e. The Morgan fingerprint density at radius 2 is 1.42 bits per heavy atom. The summed E-state index contributed by atoms with van der Waals surface area (Å²) in [6, 6.07) is 37.3. The van der Waals surface area contributed by atoms with Crippen molar-refractivity contribution in [3.63, 3.8) is 0 Å². The van der Waals surface area contributed by atoms with Crippen LogP contribution in [0.1, 0.15) is 26.7 Å². The predicted octanol–water partition coefficient (Wildman–Crippen LogP) is 8.24.